The van der Waals surface area contributed by atoms with E-state index in [9.17, 15) is 13.2 Å². The van der Waals surface area contributed by atoms with Gasteiger partial charge >= 0.3 is 5.97 Å². The molecule has 1 atom stereocenters. The van der Waals surface area contributed by atoms with Gasteiger partial charge < -0.3 is 10.2 Å². The van der Waals surface area contributed by atoms with E-state index < -0.39 is 22.1 Å². The number of sulfonamides is 1. The Labute approximate surface area is 99.0 Å². The zero-order valence-corrected chi connectivity index (χ0v) is 9.94. The molecule has 0 aliphatic heterocycles. The molecule has 1 aromatic carbocycles. The molecule has 7 heteroatoms. The van der Waals surface area contributed by atoms with E-state index in [-0.39, 0.29) is 17.0 Å². The zero-order chi connectivity index (χ0) is 13.1. The van der Waals surface area contributed by atoms with E-state index in [0.29, 0.717) is 0 Å². The molecule has 1 aromatic rings. The van der Waals surface area contributed by atoms with Crippen LogP contribution in [0.2, 0.25) is 0 Å². The Balaban J connectivity index is 2.89. The Morgan fingerprint density at radius 3 is 2.29 bits per heavy atom. The number of aliphatic hydroxyl groups excluding tert-OH is 1. The fourth-order valence-corrected chi connectivity index (χ4v) is 2.21. The maximum absolute atomic E-state index is 11.6. The maximum atomic E-state index is 11.6. The number of carboxylic acid groups (broad SMARTS) is 1. The van der Waals surface area contributed by atoms with Crippen molar-refractivity contribution < 1.29 is 23.4 Å². The van der Waals surface area contributed by atoms with E-state index in [0.717, 1.165) is 0 Å². The summed E-state index contributed by atoms with van der Waals surface area (Å²) >= 11 is 0. The summed E-state index contributed by atoms with van der Waals surface area (Å²) in [6, 6.07) is 4.82. The maximum Gasteiger partial charge on any atom is 0.335 e. The van der Waals surface area contributed by atoms with Crippen molar-refractivity contribution in [3.8, 4) is 0 Å². The second kappa shape index (κ2) is 5.26. The normalized spacial score (nSPS) is 13.3. The van der Waals surface area contributed by atoms with Gasteiger partial charge in [0.15, 0.2) is 0 Å². The smallest absolute Gasteiger partial charge is 0.335 e. The summed E-state index contributed by atoms with van der Waals surface area (Å²) in [5.41, 5.74) is 0.0134. The molecule has 3 N–H and O–H groups in total. The lowest BCUT2D eigenvalue weighted by Crippen LogP contribution is -2.30. The van der Waals surface area contributed by atoms with Gasteiger partial charge in [-0.25, -0.2) is 17.9 Å². The van der Waals surface area contributed by atoms with Gasteiger partial charge in [0.2, 0.25) is 10.0 Å². The molecule has 0 aliphatic carbocycles. The Kier molecular flexibility index (Phi) is 4.22. The molecule has 1 rings (SSSR count). The molecule has 0 aliphatic rings. The Morgan fingerprint density at radius 1 is 1.35 bits per heavy atom. The summed E-state index contributed by atoms with van der Waals surface area (Å²) < 4.78 is 25.5. The van der Waals surface area contributed by atoms with Crippen molar-refractivity contribution in [3.05, 3.63) is 29.8 Å². The van der Waals surface area contributed by atoms with Gasteiger partial charge in [0, 0.05) is 6.54 Å². The van der Waals surface area contributed by atoms with Gasteiger partial charge in [0.1, 0.15) is 0 Å². The van der Waals surface area contributed by atoms with Crippen LogP contribution in [0, 0.1) is 0 Å². The van der Waals surface area contributed by atoms with Crippen LogP contribution in [0.4, 0.5) is 0 Å². The monoisotopic (exact) mass is 259 g/mol. The third-order valence-electron chi connectivity index (χ3n) is 1.98. The minimum absolute atomic E-state index is 0.0134. The summed E-state index contributed by atoms with van der Waals surface area (Å²) in [5.74, 6) is -1.12. The number of aromatic carboxylic acids is 1. The molecule has 0 fully saturated rings. The van der Waals surface area contributed by atoms with Crippen molar-refractivity contribution in [2.45, 2.75) is 17.9 Å². The molecule has 0 radical (unpaired) electrons. The molecule has 0 bridgehead atoms. The molecule has 0 unspecified atom stereocenters. The molecule has 0 spiro atoms. The van der Waals surface area contributed by atoms with Gasteiger partial charge in [0.25, 0.3) is 0 Å². The Hall–Kier alpha value is -1.44. The summed E-state index contributed by atoms with van der Waals surface area (Å²) in [7, 11) is -3.70. The van der Waals surface area contributed by atoms with E-state index in [1.54, 1.807) is 0 Å². The number of hydrogen-bond donors (Lipinski definition) is 3. The van der Waals surface area contributed by atoms with Crippen molar-refractivity contribution in [1.82, 2.24) is 4.72 Å². The topological polar surface area (TPSA) is 104 Å². The lowest BCUT2D eigenvalue weighted by molar-refractivity contribution is 0.0696. The van der Waals surface area contributed by atoms with E-state index in [4.69, 9.17) is 10.2 Å². The van der Waals surface area contributed by atoms with Gasteiger partial charge in [-0.2, -0.15) is 0 Å². The number of aliphatic hydroxyl groups is 1. The first kappa shape index (κ1) is 13.6. The number of nitrogens with one attached hydrogen (secondary N) is 1. The van der Waals surface area contributed by atoms with Gasteiger partial charge in [0.05, 0.1) is 16.6 Å². The lowest BCUT2D eigenvalue weighted by atomic mass is 10.2. The van der Waals surface area contributed by atoms with Gasteiger partial charge in [-0.15, -0.1) is 0 Å². The SMILES string of the molecule is C[C@@H](O)CNS(=O)(=O)c1ccc(C(=O)O)cc1. The molecule has 0 amide bonds. The highest BCUT2D eigenvalue weighted by atomic mass is 32.2. The van der Waals surface area contributed by atoms with Crippen LogP contribution in [-0.2, 0) is 10.0 Å². The van der Waals surface area contributed by atoms with Crippen molar-refractivity contribution in [1.29, 1.82) is 0 Å². The highest BCUT2D eigenvalue weighted by molar-refractivity contribution is 7.89. The van der Waals surface area contributed by atoms with Crippen LogP contribution in [-0.4, -0.2) is 37.2 Å². The average molecular weight is 259 g/mol. The summed E-state index contributed by atoms with van der Waals surface area (Å²) in [6.45, 7) is 1.36. The van der Waals surface area contributed by atoms with Crippen LogP contribution >= 0.6 is 0 Å². The van der Waals surface area contributed by atoms with E-state index in [2.05, 4.69) is 4.72 Å². The highest BCUT2D eigenvalue weighted by Gasteiger charge is 2.14. The first-order valence-corrected chi connectivity index (χ1v) is 6.32. The molecule has 0 aromatic heterocycles. The fourth-order valence-electron chi connectivity index (χ4n) is 1.09. The number of hydrogen-bond acceptors (Lipinski definition) is 4. The fraction of sp³-hybridized carbons (Fsp3) is 0.300. The van der Waals surface area contributed by atoms with E-state index in [1.165, 1.54) is 31.2 Å². The van der Waals surface area contributed by atoms with Gasteiger partial charge in [-0.1, -0.05) is 0 Å². The van der Waals surface area contributed by atoms with E-state index in [1.807, 2.05) is 0 Å². The van der Waals surface area contributed by atoms with E-state index >= 15 is 0 Å². The van der Waals surface area contributed by atoms with Crippen LogP contribution in [0.5, 0.6) is 0 Å². The molecule has 0 saturated heterocycles. The first-order chi connectivity index (χ1) is 7.83. The largest absolute Gasteiger partial charge is 0.478 e. The molecular weight excluding hydrogens is 246 g/mol. The third-order valence-corrected chi connectivity index (χ3v) is 3.42. The lowest BCUT2D eigenvalue weighted by Gasteiger charge is -2.08. The van der Waals surface area contributed by atoms with Crippen molar-refractivity contribution >= 4 is 16.0 Å². The van der Waals surface area contributed by atoms with Crippen LogP contribution in [0.25, 0.3) is 0 Å². The number of benzene rings is 1. The minimum Gasteiger partial charge on any atom is -0.478 e. The predicted octanol–water partition coefficient (Wildman–Crippen LogP) is 0.0439. The van der Waals surface area contributed by atoms with Gasteiger partial charge in [-0.3, -0.25) is 0 Å². The van der Waals surface area contributed by atoms with Gasteiger partial charge in [-0.05, 0) is 31.2 Å². The van der Waals surface area contributed by atoms with Crippen molar-refractivity contribution in [2.75, 3.05) is 6.54 Å². The third kappa shape index (κ3) is 3.81. The van der Waals surface area contributed by atoms with Crippen LogP contribution < -0.4 is 4.72 Å². The second-order valence-electron chi connectivity index (χ2n) is 3.53. The van der Waals surface area contributed by atoms with Crippen molar-refractivity contribution in [3.63, 3.8) is 0 Å². The molecule has 0 saturated carbocycles. The Morgan fingerprint density at radius 2 is 1.88 bits per heavy atom. The summed E-state index contributed by atoms with van der Waals surface area (Å²) in [4.78, 5) is 10.5. The molecule has 17 heavy (non-hydrogen) atoms. The number of carboxylic acids is 1. The highest BCUT2D eigenvalue weighted by Crippen LogP contribution is 2.10. The predicted molar refractivity (Wildman–Crippen MR) is 60.3 cm³/mol. The standard InChI is InChI=1S/C10H13NO5S/c1-7(12)6-11-17(15,16)9-4-2-8(3-5-9)10(13)14/h2-5,7,11-12H,6H2,1H3,(H,13,14)/t7-/m1/s1. The van der Waals surface area contributed by atoms with Crippen molar-refractivity contribution in [2.24, 2.45) is 0 Å². The second-order valence-corrected chi connectivity index (χ2v) is 5.30. The Bertz CT molecular complexity index is 492. The molecular formula is C10H13NO5S. The molecule has 94 valence electrons. The molecule has 6 nitrogen and oxygen atoms in total. The summed E-state index contributed by atoms with van der Waals surface area (Å²) in [5, 5.41) is 17.6. The zero-order valence-electron chi connectivity index (χ0n) is 9.12. The number of carbonyl (C=O) groups is 1. The quantitative estimate of drug-likeness (QED) is 0.693. The minimum atomic E-state index is -3.70. The first-order valence-electron chi connectivity index (χ1n) is 4.84. The summed E-state index contributed by atoms with van der Waals surface area (Å²) in [6.07, 6.45) is -0.789. The van der Waals surface area contributed by atoms with Crippen LogP contribution in [0.15, 0.2) is 29.2 Å². The average Bonchev–Trinajstić information content (AvgIpc) is 2.27. The van der Waals surface area contributed by atoms with Crippen LogP contribution in [0.3, 0.4) is 0 Å². The van der Waals surface area contributed by atoms with Crippen LogP contribution in [0.1, 0.15) is 17.3 Å². The molecule has 0 heterocycles. The number of rotatable bonds is 5.